The maximum absolute atomic E-state index is 3.83. The number of allylic oxidation sites excluding steroid dienone is 4. The summed E-state index contributed by atoms with van der Waals surface area (Å²) in [5.74, 6) is 0. The second-order valence-electron chi connectivity index (χ2n) is 4.03. The van der Waals surface area contributed by atoms with Crippen LogP contribution in [0.4, 0.5) is 0 Å². The molecule has 0 saturated heterocycles. The van der Waals surface area contributed by atoms with Gasteiger partial charge >= 0.3 is 0 Å². The van der Waals surface area contributed by atoms with Crippen molar-refractivity contribution in [3.63, 3.8) is 0 Å². The van der Waals surface area contributed by atoms with Gasteiger partial charge in [-0.3, -0.25) is 0 Å². The Morgan fingerprint density at radius 2 is 2.00 bits per heavy atom. The average molecular weight is 191 g/mol. The summed E-state index contributed by atoms with van der Waals surface area (Å²) in [4.78, 5) is 0. The monoisotopic (exact) mass is 191 g/mol. The Hall–Kier alpha value is -0.980. The predicted molar refractivity (Wildman–Crippen MR) is 63.1 cm³/mol. The second-order valence-corrected chi connectivity index (χ2v) is 4.03. The molecule has 0 radical (unpaired) electrons. The molecule has 1 rings (SSSR count). The molecule has 0 unspecified atom stereocenters. The number of hydrogen-bond acceptors (Lipinski definition) is 1. The van der Waals surface area contributed by atoms with E-state index < -0.39 is 0 Å². The number of nitrogens with one attached hydrogen (secondary N) is 1. The van der Waals surface area contributed by atoms with Crippen LogP contribution in [0.25, 0.3) is 0 Å². The Labute approximate surface area is 87.6 Å². The molecule has 0 aromatic rings. The van der Waals surface area contributed by atoms with Crippen molar-refractivity contribution in [2.75, 3.05) is 6.54 Å². The molecule has 0 fully saturated rings. The van der Waals surface area contributed by atoms with Gasteiger partial charge in [-0.2, -0.15) is 0 Å². The van der Waals surface area contributed by atoms with Gasteiger partial charge in [0.05, 0.1) is 0 Å². The molecule has 78 valence electrons. The van der Waals surface area contributed by atoms with E-state index in [4.69, 9.17) is 0 Å². The number of hydrogen-bond donors (Lipinski definition) is 1. The van der Waals surface area contributed by atoms with Crippen molar-refractivity contribution < 1.29 is 0 Å². The molecule has 0 atom stereocenters. The van der Waals surface area contributed by atoms with E-state index in [0.29, 0.717) is 0 Å². The van der Waals surface area contributed by atoms with E-state index >= 15 is 0 Å². The largest absolute Gasteiger partial charge is 0.385 e. The third-order valence-electron chi connectivity index (χ3n) is 2.51. The fourth-order valence-corrected chi connectivity index (χ4v) is 1.66. The summed E-state index contributed by atoms with van der Waals surface area (Å²) in [6.07, 6.45) is 9.55. The molecule has 0 heterocycles. The Balaban J connectivity index is 2.39. The zero-order valence-electron chi connectivity index (χ0n) is 9.40. The van der Waals surface area contributed by atoms with E-state index in [1.165, 1.54) is 31.3 Å². The third-order valence-corrected chi connectivity index (χ3v) is 2.51. The Bertz CT molecular complexity index is 258. The molecule has 14 heavy (non-hydrogen) atoms. The van der Waals surface area contributed by atoms with Crippen LogP contribution in [0.1, 0.15) is 39.5 Å². The molecule has 0 aromatic carbocycles. The highest BCUT2D eigenvalue weighted by Crippen LogP contribution is 2.21. The highest BCUT2D eigenvalue weighted by atomic mass is 14.9. The number of rotatable bonds is 5. The van der Waals surface area contributed by atoms with Crippen molar-refractivity contribution in [2.45, 2.75) is 39.5 Å². The van der Waals surface area contributed by atoms with Crippen LogP contribution in [-0.2, 0) is 0 Å². The zero-order valence-corrected chi connectivity index (χ0v) is 9.40. The Morgan fingerprint density at radius 1 is 1.36 bits per heavy atom. The Morgan fingerprint density at radius 3 is 2.50 bits per heavy atom. The highest BCUT2D eigenvalue weighted by molar-refractivity contribution is 5.25. The predicted octanol–water partition coefficient (Wildman–Crippen LogP) is 3.56. The van der Waals surface area contributed by atoms with Crippen molar-refractivity contribution in [2.24, 2.45) is 0 Å². The van der Waals surface area contributed by atoms with Crippen molar-refractivity contribution in [1.82, 2.24) is 5.32 Å². The van der Waals surface area contributed by atoms with Gasteiger partial charge in [-0.25, -0.2) is 0 Å². The average Bonchev–Trinajstić information content (AvgIpc) is 2.17. The molecule has 0 aliphatic heterocycles. The summed E-state index contributed by atoms with van der Waals surface area (Å²) in [7, 11) is 0. The minimum absolute atomic E-state index is 0.964. The minimum atomic E-state index is 0.964. The van der Waals surface area contributed by atoms with Crippen molar-refractivity contribution in [3.05, 3.63) is 35.6 Å². The molecule has 0 spiro atoms. The summed E-state index contributed by atoms with van der Waals surface area (Å²) in [5.41, 5.74) is 4.15. The first kappa shape index (κ1) is 11.1. The smallest absolute Gasteiger partial charge is 0.0360 e. The fourth-order valence-electron chi connectivity index (χ4n) is 1.66. The quantitative estimate of drug-likeness (QED) is 0.700. The van der Waals surface area contributed by atoms with Crippen LogP contribution in [0.15, 0.2) is 35.6 Å². The van der Waals surface area contributed by atoms with Crippen LogP contribution in [0, 0.1) is 0 Å². The fraction of sp³-hybridized carbons (Fsp3) is 0.538. The first-order chi connectivity index (χ1) is 6.72. The van der Waals surface area contributed by atoms with E-state index in [2.05, 4.69) is 31.0 Å². The van der Waals surface area contributed by atoms with Gasteiger partial charge in [-0.1, -0.05) is 43.2 Å². The van der Waals surface area contributed by atoms with Gasteiger partial charge in [-0.15, -0.1) is 0 Å². The van der Waals surface area contributed by atoms with E-state index in [9.17, 15) is 0 Å². The van der Waals surface area contributed by atoms with Gasteiger partial charge < -0.3 is 5.32 Å². The maximum Gasteiger partial charge on any atom is 0.0360 e. The molecule has 0 aromatic heterocycles. The highest BCUT2D eigenvalue weighted by Gasteiger charge is 2.04. The first-order valence-corrected chi connectivity index (χ1v) is 5.49. The van der Waals surface area contributed by atoms with Gasteiger partial charge in [-0.05, 0) is 26.2 Å². The van der Waals surface area contributed by atoms with Crippen LogP contribution in [-0.4, -0.2) is 6.54 Å². The van der Waals surface area contributed by atoms with E-state index in [1.807, 2.05) is 6.92 Å². The van der Waals surface area contributed by atoms with Crippen LogP contribution in [0.5, 0.6) is 0 Å². The molecule has 1 heteroatoms. The molecule has 1 N–H and O–H groups in total. The minimum Gasteiger partial charge on any atom is -0.385 e. The van der Waals surface area contributed by atoms with Gasteiger partial charge in [0.2, 0.25) is 0 Å². The molecule has 0 bridgehead atoms. The van der Waals surface area contributed by atoms with E-state index in [0.717, 1.165) is 12.2 Å². The molecule has 1 nitrogen and oxygen atoms in total. The van der Waals surface area contributed by atoms with Crippen molar-refractivity contribution >= 4 is 0 Å². The van der Waals surface area contributed by atoms with Gasteiger partial charge in [0.15, 0.2) is 0 Å². The lowest BCUT2D eigenvalue weighted by Gasteiger charge is -2.15. The molecular weight excluding hydrogens is 170 g/mol. The molecular formula is C13H21N. The third kappa shape index (κ3) is 3.82. The summed E-state index contributed by atoms with van der Waals surface area (Å²) in [6.45, 7) is 9.03. The summed E-state index contributed by atoms with van der Waals surface area (Å²) < 4.78 is 0. The zero-order chi connectivity index (χ0) is 10.4. The molecule has 0 saturated carbocycles. The van der Waals surface area contributed by atoms with Gasteiger partial charge in [0.25, 0.3) is 0 Å². The van der Waals surface area contributed by atoms with E-state index in [-0.39, 0.29) is 0 Å². The van der Waals surface area contributed by atoms with E-state index in [1.54, 1.807) is 5.57 Å². The summed E-state index contributed by atoms with van der Waals surface area (Å²) in [6, 6.07) is 0. The summed E-state index contributed by atoms with van der Waals surface area (Å²) >= 11 is 0. The molecule has 0 amide bonds. The summed E-state index contributed by atoms with van der Waals surface area (Å²) in [5, 5.41) is 3.27. The van der Waals surface area contributed by atoms with Crippen LogP contribution < -0.4 is 5.32 Å². The normalized spacial score (nSPS) is 15.9. The maximum atomic E-state index is 3.83. The Kier molecular flexibility index (Phi) is 4.51. The standard InChI is InChI=1S/C13H21N/c1-4-5-12-6-8-13(9-7-12)10-14-11(2)3/h6,8,14H,2,4-5,7,9-10H2,1,3H3. The molecule has 1 aliphatic rings. The van der Waals surface area contributed by atoms with Crippen LogP contribution in [0.3, 0.4) is 0 Å². The molecule has 1 aliphatic carbocycles. The van der Waals surface area contributed by atoms with Crippen LogP contribution >= 0.6 is 0 Å². The van der Waals surface area contributed by atoms with Gasteiger partial charge in [0, 0.05) is 12.2 Å². The topological polar surface area (TPSA) is 12.0 Å². The SMILES string of the molecule is C=C(C)NCC1=CC=C(CCC)CC1. The second kappa shape index (κ2) is 5.69. The van der Waals surface area contributed by atoms with Gasteiger partial charge in [0.1, 0.15) is 0 Å². The lowest BCUT2D eigenvalue weighted by Crippen LogP contribution is -2.14. The first-order valence-electron chi connectivity index (χ1n) is 5.49. The van der Waals surface area contributed by atoms with Crippen molar-refractivity contribution in [1.29, 1.82) is 0 Å². The van der Waals surface area contributed by atoms with Crippen LogP contribution in [0.2, 0.25) is 0 Å². The van der Waals surface area contributed by atoms with Crippen molar-refractivity contribution in [3.8, 4) is 0 Å². The lowest BCUT2D eigenvalue weighted by atomic mass is 9.95. The lowest BCUT2D eigenvalue weighted by molar-refractivity contribution is 0.761.